The molecule has 0 radical (unpaired) electrons. The van der Waals surface area contributed by atoms with Crippen LogP contribution < -0.4 is 15.5 Å². The molecule has 3 aliphatic rings. The summed E-state index contributed by atoms with van der Waals surface area (Å²) in [6.45, 7) is 16.4. The van der Waals surface area contributed by atoms with E-state index in [0.29, 0.717) is 30.7 Å². The third kappa shape index (κ3) is 5.68. The van der Waals surface area contributed by atoms with Gasteiger partial charge in [-0.1, -0.05) is 27.2 Å². The molecule has 1 aromatic rings. The van der Waals surface area contributed by atoms with Gasteiger partial charge in [0.05, 0.1) is 17.9 Å². The molecule has 35 heavy (non-hydrogen) atoms. The molecule has 0 spiro atoms. The lowest BCUT2D eigenvalue weighted by Gasteiger charge is -2.44. The van der Waals surface area contributed by atoms with Gasteiger partial charge in [0, 0.05) is 87.5 Å². The SMILES string of the molecule is CCCC(F)(F)c1cnc2c(c1)N(C(=O)CN1C[C@@H](C)NC[C@@H]1CN1CCNC[C@H]1C)CC2(C)C. The highest BCUT2D eigenvalue weighted by Crippen LogP contribution is 2.42. The van der Waals surface area contributed by atoms with Gasteiger partial charge in [0.15, 0.2) is 0 Å². The molecule has 3 atom stereocenters. The molecule has 3 aliphatic heterocycles. The standard InChI is InChI=1S/C26H42F2N6O/c1-6-7-26(27,28)20-10-22-24(31-12-20)25(4,5)17-34(22)23(35)16-33-14-18(2)30-13-21(33)15-32-9-8-29-11-19(32)3/h10,12,18-19,21,29-30H,6-9,11,13-17H2,1-5H3/t18-,19-,21-/m1/s1. The van der Waals surface area contributed by atoms with Gasteiger partial charge < -0.3 is 15.5 Å². The molecular formula is C26H42F2N6O. The number of fused-ring (bicyclic) bond motifs is 1. The van der Waals surface area contributed by atoms with Crippen LogP contribution in [0.4, 0.5) is 14.5 Å². The number of piperazine rings is 2. The fraction of sp³-hybridized carbons (Fsp3) is 0.769. The molecule has 2 saturated heterocycles. The van der Waals surface area contributed by atoms with Crippen molar-refractivity contribution in [3.8, 4) is 0 Å². The van der Waals surface area contributed by atoms with Gasteiger partial charge in [-0.3, -0.25) is 19.6 Å². The average Bonchev–Trinajstić information content (AvgIpc) is 3.07. The Labute approximate surface area is 208 Å². The second-order valence-corrected chi connectivity index (χ2v) is 11.4. The van der Waals surface area contributed by atoms with E-state index < -0.39 is 5.92 Å². The maximum absolute atomic E-state index is 14.7. The highest BCUT2D eigenvalue weighted by Gasteiger charge is 2.42. The van der Waals surface area contributed by atoms with Gasteiger partial charge in [-0.15, -0.1) is 0 Å². The zero-order valence-electron chi connectivity index (χ0n) is 21.9. The minimum atomic E-state index is -2.95. The number of nitrogens with one attached hydrogen (secondary N) is 2. The minimum Gasteiger partial charge on any atom is -0.314 e. The van der Waals surface area contributed by atoms with E-state index in [1.807, 2.05) is 13.8 Å². The molecule has 196 valence electrons. The van der Waals surface area contributed by atoms with Crippen LogP contribution >= 0.6 is 0 Å². The van der Waals surface area contributed by atoms with E-state index in [1.54, 1.807) is 11.8 Å². The van der Waals surface area contributed by atoms with Crippen molar-refractivity contribution in [2.75, 3.05) is 57.3 Å². The van der Waals surface area contributed by atoms with Crippen LogP contribution in [0.1, 0.15) is 58.7 Å². The molecule has 4 rings (SSSR count). The summed E-state index contributed by atoms with van der Waals surface area (Å²) in [4.78, 5) is 24.6. The van der Waals surface area contributed by atoms with Crippen LogP contribution in [0.5, 0.6) is 0 Å². The lowest BCUT2D eigenvalue weighted by molar-refractivity contribution is -0.120. The molecule has 1 amide bonds. The van der Waals surface area contributed by atoms with Crippen LogP contribution in [0.15, 0.2) is 12.3 Å². The van der Waals surface area contributed by atoms with E-state index in [2.05, 4.69) is 39.3 Å². The number of nitrogens with zero attached hydrogens (tertiary/aromatic N) is 4. The van der Waals surface area contributed by atoms with Crippen molar-refractivity contribution in [3.63, 3.8) is 0 Å². The number of hydrogen-bond donors (Lipinski definition) is 2. The largest absolute Gasteiger partial charge is 0.314 e. The number of alkyl halides is 2. The lowest BCUT2D eigenvalue weighted by atomic mass is 9.91. The van der Waals surface area contributed by atoms with Crippen molar-refractivity contribution in [1.82, 2.24) is 25.4 Å². The number of hydrogen-bond acceptors (Lipinski definition) is 6. The van der Waals surface area contributed by atoms with E-state index in [-0.39, 0.29) is 35.9 Å². The second-order valence-electron chi connectivity index (χ2n) is 11.4. The zero-order chi connectivity index (χ0) is 25.4. The van der Waals surface area contributed by atoms with Gasteiger partial charge in [0.2, 0.25) is 5.91 Å². The first-order valence-electron chi connectivity index (χ1n) is 13.1. The van der Waals surface area contributed by atoms with E-state index >= 15 is 0 Å². The number of carbonyl (C=O) groups excluding carboxylic acids is 1. The van der Waals surface area contributed by atoms with E-state index in [0.717, 1.165) is 45.0 Å². The summed E-state index contributed by atoms with van der Waals surface area (Å²) in [5, 5.41) is 7.01. The summed E-state index contributed by atoms with van der Waals surface area (Å²) in [5.41, 5.74) is 0.788. The molecule has 0 aliphatic carbocycles. The first-order chi connectivity index (χ1) is 16.5. The Morgan fingerprint density at radius 2 is 2.03 bits per heavy atom. The number of carbonyl (C=O) groups is 1. The normalized spacial score (nSPS) is 27.7. The summed E-state index contributed by atoms with van der Waals surface area (Å²) in [5.74, 6) is -2.99. The lowest BCUT2D eigenvalue weighted by Crippen LogP contribution is -2.62. The smallest absolute Gasteiger partial charge is 0.274 e. The topological polar surface area (TPSA) is 63.7 Å². The number of rotatable bonds is 7. The van der Waals surface area contributed by atoms with Crippen LogP contribution in [0, 0.1) is 0 Å². The van der Waals surface area contributed by atoms with Crippen LogP contribution in [0.2, 0.25) is 0 Å². The molecule has 1 aromatic heterocycles. The highest BCUT2D eigenvalue weighted by atomic mass is 19.3. The third-order valence-electron chi connectivity index (χ3n) is 7.79. The fourth-order valence-corrected chi connectivity index (χ4v) is 5.71. The molecular weight excluding hydrogens is 450 g/mol. The minimum absolute atomic E-state index is 0.0398. The molecule has 2 fully saturated rings. The van der Waals surface area contributed by atoms with Crippen LogP contribution in [0.3, 0.4) is 0 Å². The molecule has 0 aromatic carbocycles. The van der Waals surface area contributed by atoms with E-state index in [1.165, 1.54) is 12.3 Å². The molecule has 2 N–H and O–H groups in total. The summed E-state index contributed by atoms with van der Waals surface area (Å²) < 4.78 is 29.4. The summed E-state index contributed by atoms with van der Waals surface area (Å²) in [7, 11) is 0. The first-order valence-corrected chi connectivity index (χ1v) is 13.1. The van der Waals surface area contributed by atoms with Gasteiger partial charge in [-0.25, -0.2) is 8.78 Å². The number of halogens is 2. The predicted molar refractivity (Wildman–Crippen MR) is 135 cm³/mol. The summed E-state index contributed by atoms with van der Waals surface area (Å²) >= 11 is 0. The Bertz CT molecular complexity index is 910. The predicted octanol–water partition coefficient (Wildman–Crippen LogP) is 2.55. The van der Waals surface area contributed by atoms with Crippen LogP contribution in [-0.2, 0) is 16.1 Å². The van der Waals surface area contributed by atoms with Crippen LogP contribution in [0.25, 0.3) is 0 Å². The van der Waals surface area contributed by atoms with Gasteiger partial charge in [0.25, 0.3) is 5.92 Å². The third-order valence-corrected chi connectivity index (χ3v) is 7.79. The molecule has 0 bridgehead atoms. The van der Waals surface area contributed by atoms with E-state index in [9.17, 15) is 13.6 Å². The van der Waals surface area contributed by atoms with Gasteiger partial charge in [-0.05, 0) is 19.9 Å². The van der Waals surface area contributed by atoms with Crippen molar-refractivity contribution in [2.45, 2.75) is 76.9 Å². The van der Waals surface area contributed by atoms with Gasteiger partial charge >= 0.3 is 0 Å². The maximum atomic E-state index is 14.7. The quantitative estimate of drug-likeness (QED) is 0.610. The van der Waals surface area contributed by atoms with Crippen molar-refractivity contribution in [3.05, 3.63) is 23.5 Å². The Morgan fingerprint density at radius 1 is 1.26 bits per heavy atom. The molecule has 0 saturated carbocycles. The highest BCUT2D eigenvalue weighted by molar-refractivity contribution is 5.97. The average molecular weight is 493 g/mol. The fourth-order valence-electron chi connectivity index (χ4n) is 5.71. The van der Waals surface area contributed by atoms with Crippen molar-refractivity contribution in [1.29, 1.82) is 0 Å². The van der Waals surface area contributed by atoms with Crippen LogP contribution in [-0.4, -0.2) is 91.2 Å². The second kappa shape index (κ2) is 10.4. The molecule has 4 heterocycles. The maximum Gasteiger partial charge on any atom is 0.274 e. The Balaban J connectivity index is 1.53. The van der Waals surface area contributed by atoms with E-state index in [4.69, 9.17) is 0 Å². The Hall–Kier alpha value is -1.68. The summed E-state index contributed by atoms with van der Waals surface area (Å²) in [6.07, 6.45) is 1.45. The Kier molecular flexibility index (Phi) is 7.81. The molecule has 7 nitrogen and oxygen atoms in total. The molecule has 9 heteroatoms. The van der Waals surface area contributed by atoms with Crippen molar-refractivity contribution in [2.24, 2.45) is 0 Å². The van der Waals surface area contributed by atoms with Gasteiger partial charge in [-0.2, -0.15) is 0 Å². The number of pyridine rings is 1. The number of aromatic nitrogens is 1. The van der Waals surface area contributed by atoms with Crippen molar-refractivity contribution < 1.29 is 13.6 Å². The number of amides is 1. The molecule has 0 unspecified atom stereocenters. The van der Waals surface area contributed by atoms with Gasteiger partial charge in [0.1, 0.15) is 0 Å². The zero-order valence-corrected chi connectivity index (χ0v) is 21.9. The monoisotopic (exact) mass is 492 g/mol. The Morgan fingerprint density at radius 3 is 2.74 bits per heavy atom. The number of anilines is 1. The van der Waals surface area contributed by atoms with Crippen molar-refractivity contribution >= 4 is 11.6 Å². The summed E-state index contributed by atoms with van der Waals surface area (Å²) in [6, 6.07) is 2.48. The first kappa shape index (κ1) is 26.4.